The lowest BCUT2D eigenvalue weighted by Gasteiger charge is -2.06. The molecule has 0 amide bonds. The molecule has 2 N–H and O–H groups in total. The highest BCUT2D eigenvalue weighted by Gasteiger charge is 2.06. The van der Waals surface area contributed by atoms with Crippen LogP contribution in [0.4, 0.5) is 10.3 Å². The van der Waals surface area contributed by atoms with Crippen molar-refractivity contribution in [3.8, 4) is 5.88 Å². The normalized spacial score (nSPS) is 9.93. The first kappa shape index (κ1) is 10.6. The molecule has 0 aliphatic heterocycles. The molecule has 0 saturated carbocycles. The molecule has 6 heteroatoms. The maximum absolute atomic E-state index is 13.0. The Morgan fingerprint density at radius 3 is 3.07 bits per heavy atom. The van der Waals surface area contributed by atoms with Crippen molar-refractivity contribution in [2.24, 2.45) is 0 Å². The van der Waals surface area contributed by atoms with Crippen LogP contribution < -0.4 is 10.1 Å². The molecule has 5 nitrogen and oxygen atoms in total. The molecule has 1 heterocycles. The van der Waals surface area contributed by atoms with Gasteiger partial charge < -0.3 is 15.2 Å². The number of hydrogen-bond donors (Lipinski definition) is 2. The monoisotopic (exact) mass is 201 g/mol. The third-order valence-electron chi connectivity index (χ3n) is 1.38. The van der Waals surface area contributed by atoms with Crippen molar-refractivity contribution >= 4 is 5.95 Å². The minimum Gasteiger partial charge on any atom is -0.473 e. The number of aliphatic hydroxyl groups excluding tert-OH is 1. The second-order valence-electron chi connectivity index (χ2n) is 2.45. The summed E-state index contributed by atoms with van der Waals surface area (Å²) in [5.74, 6) is -0.480. The van der Waals surface area contributed by atoms with Crippen LogP contribution >= 0.6 is 0 Å². The van der Waals surface area contributed by atoms with Gasteiger partial charge in [-0.1, -0.05) is 0 Å². The van der Waals surface area contributed by atoms with E-state index in [4.69, 9.17) is 9.84 Å². The standard InChI is InChI=1S/C8H12FN3O2/c1-2-10-8-11-5-6(9)7(12-8)14-4-3-13/h5,13H,2-4H2,1H3,(H,10,11,12). The lowest BCUT2D eigenvalue weighted by atomic mass is 10.6. The van der Waals surface area contributed by atoms with Gasteiger partial charge in [0.2, 0.25) is 11.8 Å². The van der Waals surface area contributed by atoms with E-state index in [1.807, 2.05) is 6.92 Å². The highest BCUT2D eigenvalue weighted by molar-refractivity contribution is 5.27. The van der Waals surface area contributed by atoms with E-state index >= 15 is 0 Å². The fourth-order valence-corrected chi connectivity index (χ4v) is 0.838. The summed E-state index contributed by atoms with van der Waals surface area (Å²) in [4.78, 5) is 7.47. The third-order valence-corrected chi connectivity index (χ3v) is 1.38. The van der Waals surface area contributed by atoms with Gasteiger partial charge in [-0.2, -0.15) is 9.37 Å². The van der Waals surface area contributed by atoms with E-state index in [1.54, 1.807) is 0 Å². The van der Waals surface area contributed by atoms with Crippen LogP contribution in [0.3, 0.4) is 0 Å². The Labute approximate surface area is 81.0 Å². The van der Waals surface area contributed by atoms with Crippen molar-refractivity contribution in [3.05, 3.63) is 12.0 Å². The Morgan fingerprint density at radius 1 is 1.64 bits per heavy atom. The summed E-state index contributed by atoms with van der Waals surface area (Å²) in [6.45, 7) is 2.35. The Morgan fingerprint density at radius 2 is 2.43 bits per heavy atom. The number of nitrogens with one attached hydrogen (secondary N) is 1. The smallest absolute Gasteiger partial charge is 0.255 e. The summed E-state index contributed by atoms with van der Waals surface area (Å²) in [7, 11) is 0. The largest absolute Gasteiger partial charge is 0.473 e. The summed E-state index contributed by atoms with van der Waals surface area (Å²) in [5.41, 5.74) is 0. The van der Waals surface area contributed by atoms with Crippen LogP contribution in [0.1, 0.15) is 6.92 Å². The minimum atomic E-state index is -0.639. The summed E-state index contributed by atoms with van der Waals surface area (Å²) >= 11 is 0. The van der Waals surface area contributed by atoms with Gasteiger partial charge in [-0.3, -0.25) is 0 Å². The topological polar surface area (TPSA) is 67.3 Å². The quantitative estimate of drug-likeness (QED) is 0.722. The molecule has 0 spiro atoms. The second-order valence-corrected chi connectivity index (χ2v) is 2.45. The Bertz CT molecular complexity index is 296. The molecular weight excluding hydrogens is 189 g/mol. The Kier molecular flexibility index (Phi) is 4.06. The molecule has 0 aliphatic rings. The van der Waals surface area contributed by atoms with Crippen molar-refractivity contribution in [3.63, 3.8) is 0 Å². The first-order valence-electron chi connectivity index (χ1n) is 4.28. The average Bonchev–Trinajstić information content (AvgIpc) is 2.19. The number of ether oxygens (including phenoxy) is 1. The van der Waals surface area contributed by atoms with Crippen molar-refractivity contribution in [1.29, 1.82) is 0 Å². The maximum Gasteiger partial charge on any atom is 0.255 e. The number of halogens is 1. The number of aliphatic hydroxyl groups is 1. The molecule has 0 unspecified atom stereocenters. The van der Waals surface area contributed by atoms with Crippen LogP contribution in [0, 0.1) is 5.82 Å². The lowest BCUT2D eigenvalue weighted by molar-refractivity contribution is 0.191. The van der Waals surface area contributed by atoms with Crippen molar-refractivity contribution in [1.82, 2.24) is 9.97 Å². The van der Waals surface area contributed by atoms with E-state index in [9.17, 15) is 4.39 Å². The van der Waals surface area contributed by atoms with Gasteiger partial charge in [-0.05, 0) is 6.92 Å². The fraction of sp³-hybridized carbons (Fsp3) is 0.500. The first-order valence-corrected chi connectivity index (χ1v) is 4.28. The average molecular weight is 201 g/mol. The summed E-state index contributed by atoms with van der Waals surface area (Å²) in [6.07, 6.45) is 1.03. The van der Waals surface area contributed by atoms with Crippen LogP contribution in [0.2, 0.25) is 0 Å². The van der Waals surface area contributed by atoms with E-state index in [2.05, 4.69) is 15.3 Å². The zero-order chi connectivity index (χ0) is 10.4. The number of rotatable bonds is 5. The zero-order valence-corrected chi connectivity index (χ0v) is 7.83. The molecule has 0 atom stereocenters. The Balaban J connectivity index is 2.74. The van der Waals surface area contributed by atoms with Crippen molar-refractivity contribution < 1.29 is 14.2 Å². The molecule has 0 fully saturated rings. The number of anilines is 1. The van der Waals surface area contributed by atoms with Crippen LogP contribution in [0.15, 0.2) is 6.20 Å². The van der Waals surface area contributed by atoms with Crippen LogP contribution in [0.5, 0.6) is 5.88 Å². The van der Waals surface area contributed by atoms with Crippen molar-refractivity contribution in [2.45, 2.75) is 6.92 Å². The summed E-state index contributed by atoms with van der Waals surface area (Å²) in [6, 6.07) is 0. The molecule has 78 valence electrons. The Hall–Kier alpha value is -1.43. The van der Waals surface area contributed by atoms with E-state index in [0.29, 0.717) is 12.5 Å². The van der Waals surface area contributed by atoms with E-state index in [1.165, 1.54) is 0 Å². The second kappa shape index (κ2) is 5.33. The van der Waals surface area contributed by atoms with E-state index < -0.39 is 5.82 Å². The maximum atomic E-state index is 13.0. The molecule has 1 rings (SSSR count). The van der Waals surface area contributed by atoms with Gasteiger partial charge in [-0.15, -0.1) is 0 Å². The predicted octanol–water partition coefficient (Wildman–Crippen LogP) is 0.419. The van der Waals surface area contributed by atoms with E-state index in [0.717, 1.165) is 6.20 Å². The SMILES string of the molecule is CCNc1ncc(F)c(OCCO)n1. The van der Waals surface area contributed by atoms with Crippen LogP contribution in [-0.2, 0) is 0 Å². The number of hydrogen-bond acceptors (Lipinski definition) is 5. The van der Waals surface area contributed by atoms with Gasteiger partial charge in [0.15, 0.2) is 0 Å². The molecule has 1 aromatic heterocycles. The summed E-state index contributed by atoms with van der Waals surface area (Å²) in [5, 5.41) is 11.3. The first-order chi connectivity index (χ1) is 6.77. The third kappa shape index (κ3) is 2.81. The van der Waals surface area contributed by atoms with Gasteiger partial charge in [0.1, 0.15) is 6.61 Å². The van der Waals surface area contributed by atoms with Gasteiger partial charge in [0, 0.05) is 6.54 Å². The molecular formula is C8H12FN3O2. The fourth-order valence-electron chi connectivity index (χ4n) is 0.838. The van der Waals surface area contributed by atoms with Crippen LogP contribution in [-0.4, -0.2) is 34.8 Å². The molecule has 1 aromatic rings. The highest BCUT2D eigenvalue weighted by Crippen LogP contribution is 2.13. The molecule has 0 radical (unpaired) electrons. The van der Waals surface area contributed by atoms with Gasteiger partial charge >= 0.3 is 0 Å². The molecule has 0 saturated heterocycles. The van der Waals surface area contributed by atoms with Crippen molar-refractivity contribution in [2.75, 3.05) is 25.1 Å². The van der Waals surface area contributed by atoms with Gasteiger partial charge in [0.25, 0.3) is 5.88 Å². The predicted molar refractivity (Wildman–Crippen MR) is 48.7 cm³/mol. The molecule has 14 heavy (non-hydrogen) atoms. The minimum absolute atomic E-state index is 0.0134. The molecule has 0 aromatic carbocycles. The lowest BCUT2D eigenvalue weighted by Crippen LogP contribution is -2.08. The van der Waals surface area contributed by atoms with Crippen LogP contribution in [0.25, 0.3) is 0 Å². The highest BCUT2D eigenvalue weighted by atomic mass is 19.1. The van der Waals surface area contributed by atoms with E-state index in [-0.39, 0.29) is 19.1 Å². The summed E-state index contributed by atoms with van der Waals surface area (Å²) < 4.78 is 17.8. The van der Waals surface area contributed by atoms with Gasteiger partial charge in [0.05, 0.1) is 12.8 Å². The number of nitrogens with zero attached hydrogens (tertiary/aromatic N) is 2. The van der Waals surface area contributed by atoms with Gasteiger partial charge in [-0.25, -0.2) is 4.98 Å². The number of aromatic nitrogens is 2. The molecule has 0 bridgehead atoms. The zero-order valence-electron chi connectivity index (χ0n) is 7.83. The molecule has 0 aliphatic carbocycles.